The van der Waals surface area contributed by atoms with E-state index in [2.05, 4.69) is 84.4 Å². The third kappa shape index (κ3) is 10.1. The largest absolute Gasteiger partial charge is 0.379 e. The molecule has 0 saturated carbocycles. The third-order valence-electron chi connectivity index (χ3n) is 5.90. The maximum absolute atomic E-state index is 5.54. The lowest BCUT2D eigenvalue weighted by Crippen LogP contribution is -2.51. The smallest absolute Gasteiger partial charge is 0.191 e. The summed E-state index contributed by atoms with van der Waals surface area (Å²) in [5, 5.41) is 7.08. The van der Waals surface area contributed by atoms with Crippen LogP contribution in [0.15, 0.2) is 29.3 Å². The molecule has 2 N–H and O–H groups in total. The minimum Gasteiger partial charge on any atom is -0.379 e. The Morgan fingerprint density at radius 2 is 1.74 bits per heavy atom. The van der Waals surface area contributed by atoms with Crippen molar-refractivity contribution in [2.75, 3.05) is 46.9 Å². The molecule has 0 aromatic heterocycles. The summed E-state index contributed by atoms with van der Waals surface area (Å²) >= 11 is 0. The third-order valence-corrected chi connectivity index (χ3v) is 5.90. The first-order valence-corrected chi connectivity index (χ1v) is 11.4. The number of hydrogen-bond acceptors (Lipinski definition) is 4. The fraction of sp³-hybridized carbons (Fsp3) is 0.708. The van der Waals surface area contributed by atoms with Crippen LogP contribution < -0.4 is 10.6 Å². The molecule has 178 valence electrons. The van der Waals surface area contributed by atoms with E-state index in [1.165, 1.54) is 17.5 Å². The van der Waals surface area contributed by atoms with E-state index in [4.69, 9.17) is 4.74 Å². The lowest BCUT2D eigenvalue weighted by Gasteiger charge is -2.35. The van der Waals surface area contributed by atoms with Gasteiger partial charge in [-0.1, -0.05) is 38.1 Å². The molecule has 6 nitrogen and oxygen atoms in total. The predicted molar refractivity (Wildman–Crippen MR) is 142 cm³/mol. The molecule has 0 radical (unpaired) electrons. The van der Waals surface area contributed by atoms with Gasteiger partial charge in [0.2, 0.25) is 0 Å². The van der Waals surface area contributed by atoms with Crippen LogP contribution in [0.1, 0.15) is 45.2 Å². The van der Waals surface area contributed by atoms with Gasteiger partial charge in [-0.05, 0) is 44.4 Å². The van der Waals surface area contributed by atoms with Crippen LogP contribution in [0.4, 0.5) is 0 Å². The number of guanidine groups is 1. The number of nitrogens with zero attached hydrogens (tertiary/aromatic N) is 3. The van der Waals surface area contributed by atoms with Gasteiger partial charge in [-0.2, -0.15) is 0 Å². The Morgan fingerprint density at radius 1 is 1.10 bits per heavy atom. The fourth-order valence-electron chi connectivity index (χ4n) is 3.80. The van der Waals surface area contributed by atoms with E-state index < -0.39 is 0 Å². The fourth-order valence-corrected chi connectivity index (χ4v) is 3.80. The van der Waals surface area contributed by atoms with Crippen LogP contribution in [0.3, 0.4) is 0 Å². The van der Waals surface area contributed by atoms with Gasteiger partial charge in [-0.15, -0.1) is 24.0 Å². The second kappa shape index (κ2) is 15.0. The summed E-state index contributed by atoms with van der Waals surface area (Å²) in [6.45, 7) is 15.4. The van der Waals surface area contributed by atoms with Crippen LogP contribution in [-0.4, -0.2) is 74.8 Å². The van der Waals surface area contributed by atoms with E-state index in [1.54, 1.807) is 0 Å². The lowest BCUT2D eigenvalue weighted by atomic mass is 10.0. The van der Waals surface area contributed by atoms with Crippen molar-refractivity contribution >= 4 is 29.9 Å². The SMILES string of the molecule is CN=C(NCc1ccccc1CN(C)C(C)C)NCC(CC(C)C)N1CCOCC1.I. The van der Waals surface area contributed by atoms with E-state index in [1.807, 2.05) is 7.05 Å². The van der Waals surface area contributed by atoms with E-state index >= 15 is 0 Å². The molecule has 0 aliphatic carbocycles. The Morgan fingerprint density at radius 3 is 2.32 bits per heavy atom. The normalized spacial score (nSPS) is 16.5. The number of morpholine rings is 1. The highest BCUT2D eigenvalue weighted by molar-refractivity contribution is 14.0. The van der Waals surface area contributed by atoms with Crippen LogP contribution in [0, 0.1) is 5.92 Å². The lowest BCUT2D eigenvalue weighted by molar-refractivity contribution is 0.0132. The number of halogens is 1. The zero-order chi connectivity index (χ0) is 21.9. The summed E-state index contributed by atoms with van der Waals surface area (Å²) in [6, 6.07) is 9.70. The quantitative estimate of drug-likeness (QED) is 0.268. The van der Waals surface area contributed by atoms with E-state index in [-0.39, 0.29) is 24.0 Å². The van der Waals surface area contributed by atoms with Crippen molar-refractivity contribution in [3.63, 3.8) is 0 Å². The summed E-state index contributed by atoms with van der Waals surface area (Å²) in [7, 11) is 4.02. The van der Waals surface area contributed by atoms with Crippen LogP contribution in [0.5, 0.6) is 0 Å². The number of benzene rings is 1. The van der Waals surface area contributed by atoms with Crippen LogP contribution in [-0.2, 0) is 17.8 Å². The first-order valence-electron chi connectivity index (χ1n) is 11.4. The van der Waals surface area contributed by atoms with E-state index in [0.29, 0.717) is 18.0 Å². The van der Waals surface area contributed by atoms with Gasteiger partial charge < -0.3 is 15.4 Å². The summed E-state index contributed by atoms with van der Waals surface area (Å²) in [5.74, 6) is 1.53. The Balaban J connectivity index is 0.00000480. The van der Waals surface area contributed by atoms with E-state index in [0.717, 1.165) is 51.9 Å². The molecular weight excluding hydrogens is 501 g/mol. The molecule has 0 amide bonds. The Bertz CT molecular complexity index is 647. The molecule has 1 aromatic rings. The van der Waals surface area contributed by atoms with Gasteiger partial charge in [-0.25, -0.2) is 0 Å². The van der Waals surface area contributed by atoms with Gasteiger partial charge >= 0.3 is 0 Å². The van der Waals surface area contributed by atoms with Gasteiger partial charge in [0.15, 0.2) is 5.96 Å². The van der Waals surface area contributed by atoms with Crippen molar-refractivity contribution < 1.29 is 4.74 Å². The van der Waals surface area contributed by atoms with Crippen molar-refractivity contribution in [1.82, 2.24) is 20.4 Å². The second-order valence-electron chi connectivity index (χ2n) is 9.02. The standard InChI is InChI=1S/C24H43N5O.HI/c1-19(2)15-23(29-11-13-30-14-12-29)17-27-24(25-5)26-16-21-9-7-8-10-22(21)18-28(6)20(3)4;/h7-10,19-20,23H,11-18H2,1-6H3,(H2,25,26,27);1H. The number of aliphatic imine (C=N–C) groups is 1. The molecule has 1 unspecified atom stereocenters. The number of hydrogen-bond donors (Lipinski definition) is 2. The molecule has 1 aliphatic heterocycles. The molecule has 1 heterocycles. The van der Waals surface area contributed by atoms with Gasteiger partial charge in [0, 0.05) is 51.9 Å². The Kier molecular flexibility index (Phi) is 13.6. The van der Waals surface area contributed by atoms with Gasteiger partial charge in [-0.3, -0.25) is 14.8 Å². The molecule has 1 fully saturated rings. The number of rotatable bonds is 10. The van der Waals surface area contributed by atoms with E-state index in [9.17, 15) is 0 Å². The van der Waals surface area contributed by atoms with Crippen LogP contribution >= 0.6 is 24.0 Å². The molecular formula is C24H44IN5O. The Hall–Kier alpha value is -0.900. The monoisotopic (exact) mass is 545 g/mol. The average molecular weight is 546 g/mol. The number of ether oxygens (including phenoxy) is 1. The molecule has 0 spiro atoms. The zero-order valence-corrected chi connectivity index (χ0v) is 22.7. The first kappa shape index (κ1) is 28.1. The van der Waals surface area contributed by atoms with Crippen molar-refractivity contribution in [3.8, 4) is 0 Å². The molecule has 2 rings (SSSR count). The number of nitrogens with one attached hydrogen (secondary N) is 2. The highest BCUT2D eigenvalue weighted by Gasteiger charge is 2.22. The molecule has 1 atom stereocenters. The maximum atomic E-state index is 5.54. The summed E-state index contributed by atoms with van der Waals surface area (Å²) in [4.78, 5) is 9.38. The molecule has 1 saturated heterocycles. The van der Waals surface area contributed by atoms with Crippen molar-refractivity contribution in [1.29, 1.82) is 0 Å². The van der Waals surface area contributed by atoms with Crippen molar-refractivity contribution in [2.24, 2.45) is 10.9 Å². The van der Waals surface area contributed by atoms with Crippen molar-refractivity contribution in [2.45, 2.75) is 59.3 Å². The molecule has 31 heavy (non-hydrogen) atoms. The average Bonchev–Trinajstić information content (AvgIpc) is 2.74. The summed E-state index contributed by atoms with van der Waals surface area (Å²) in [6.07, 6.45) is 1.17. The highest BCUT2D eigenvalue weighted by atomic mass is 127. The van der Waals surface area contributed by atoms with Gasteiger partial charge in [0.25, 0.3) is 0 Å². The summed E-state index contributed by atoms with van der Waals surface area (Å²) in [5.41, 5.74) is 2.68. The van der Waals surface area contributed by atoms with Gasteiger partial charge in [0.1, 0.15) is 0 Å². The molecule has 7 heteroatoms. The second-order valence-corrected chi connectivity index (χ2v) is 9.02. The minimum atomic E-state index is 0. The highest BCUT2D eigenvalue weighted by Crippen LogP contribution is 2.14. The first-order chi connectivity index (χ1) is 14.4. The van der Waals surface area contributed by atoms with Gasteiger partial charge in [0.05, 0.1) is 13.2 Å². The predicted octanol–water partition coefficient (Wildman–Crippen LogP) is 3.56. The summed E-state index contributed by atoms with van der Waals surface area (Å²) < 4.78 is 5.54. The topological polar surface area (TPSA) is 52.1 Å². The maximum Gasteiger partial charge on any atom is 0.191 e. The van der Waals surface area contributed by atoms with Crippen molar-refractivity contribution in [3.05, 3.63) is 35.4 Å². The molecule has 1 aliphatic rings. The van der Waals surface area contributed by atoms with Crippen LogP contribution in [0.25, 0.3) is 0 Å². The minimum absolute atomic E-state index is 0. The Labute approximate surface area is 207 Å². The zero-order valence-electron chi connectivity index (χ0n) is 20.4. The molecule has 1 aromatic carbocycles. The molecule has 0 bridgehead atoms. The van der Waals surface area contributed by atoms with Crippen LogP contribution in [0.2, 0.25) is 0 Å².